The molecule has 0 spiro atoms. The van der Waals surface area contributed by atoms with Crippen LogP contribution in [0.3, 0.4) is 0 Å². The lowest BCUT2D eigenvalue weighted by Crippen LogP contribution is -2.74. The maximum atomic E-state index is 2.69. The largest absolute Gasteiger partial charge is 0.376 e. The molecule has 10 aromatic rings. The van der Waals surface area contributed by atoms with Crippen LogP contribution in [0.5, 0.6) is 0 Å². The van der Waals surface area contributed by atoms with Crippen molar-refractivity contribution in [1.82, 2.24) is 0 Å². The number of hydrogen-bond acceptors (Lipinski definition) is 5. The van der Waals surface area contributed by atoms with Gasteiger partial charge in [-0.25, -0.2) is 0 Å². The van der Waals surface area contributed by atoms with Crippen molar-refractivity contribution in [3.63, 3.8) is 0 Å². The van der Waals surface area contributed by atoms with E-state index in [-0.39, 0.29) is 20.4 Å². The summed E-state index contributed by atoms with van der Waals surface area (Å²) in [5.74, 6) is 0. The molecule has 0 bridgehead atoms. The second kappa shape index (κ2) is 13.5. The molecule has 10 aromatic carbocycles. The molecule has 0 atom stereocenters. The van der Waals surface area contributed by atoms with Crippen LogP contribution in [-0.4, -0.2) is 20.4 Å². The van der Waals surface area contributed by atoms with Gasteiger partial charge in [0, 0.05) is 73.8 Å². The Morgan fingerprint density at radius 1 is 0.294 bits per heavy atom. The van der Waals surface area contributed by atoms with Crippen molar-refractivity contribution in [1.29, 1.82) is 0 Å². The number of fused-ring (bicyclic) bond motifs is 12. The van der Waals surface area contributed by atoms with Gasteiger partial charge in [0.15, 0.2) is 0 Å². The zero-order valence-electron chi connectivity index (χ0n) is 36.9. The Bertz CT molecular complexity index is 3520. The Hall–Kier alpha value is -8.61. The number of benzene rings is 10. The van der Waals surface area contributed by atoms with E-state index in [4.69, 9.17) is 0 Å². The maximum absolute atomic E-state index is 2.69. The van der Waals surface area contributed by atoms with Crippen molar-refractivity contribution in [2.75, 3.05) is 24.3 Å². The van der Waals surface area contributed by atoms with Gasteiger partial charge in [0.1, 0.15) is 0 Å². The molecule has 0 saturated heterocycles. The zero-order chi connectivity index (χ0) is 44.2. The summed E-state index contributed by atoms with van der Waals surface area (Å²) in [6.45, 7) is -0.234. The zero-order valence-corrected chi connectivity index (χ0v) is 36.9. The minimum Gasteiger partial charge on any atom is -0.376 e. The summed E-state index contributed by atoms with van der Waals surface area (Å²) in [4.78, 5) is 13.1. The van der Waals surface area contributed by atoms with E-state index in [9.17, 15) is 0 Å². The Labute approximate surface area is 396 Å². The Morgan fingerprint density at radius 3 is 1.07 bits per heavy atom. The number of rotatable bonds is 5. The fourth-order valence-electron chi connectivity index (χ4n) is 13.1. The summed E-state index contributed by atoms with van der Waals surface area (Å²) in [5, 5.41) is 0. The van der Waals surface area contributed by atoms with E-state index < -0.39 is 0 Å². The third kappa shape index (κ3) is 4.59. The second-order valence-electron chi connectivity index (χ2n) is 18.7. The molecule has 5 nitrogen and oxygen atoms in total. The topological polar surface area (TPSA) is 16.2 Å². The van der Waals surface area contributed by atoms with Crippen molar-refractivity contribution in [2.24, 2.45) is 0 Å². The third-order valence-electron chi connectivity index (χ3n) is 15.5. The van der Waals surface area contributed by atoms with Crippen LogP contribution in [0.4, 0.5) is 73.9 Å². The normalized spacial score (nSPS) is 14.3. The van der Waals surface area contributed by atoms with Gasteiger partial charge in [-0.05, 0) is 129 Å². The molecular weight excluding hydrogens is 823 g/mol. The molecule has 0 aliphatic carbocycles. The highest BCUT2D eigenvalue weighted by atomic mass is 15.2. The van der Waals surface area contributed by atoms with Crippen LogP contribution in [0.15, 0.2) is 231 Å². The van der Waals surface area contributed by atoms with Crippen LogP contribution in [0, 0.1) is 0 Å². The van der Waals surface area contributed by atoms with E-state index in [0.29, 0.717) is 0 Å². The highest BCUT2D eigenvalue weighted by Crippen LogP contribution is 2.57. The molecule has 68 heavy (non-hydrogen) atoms. The maximum Gasteiger partial charge on any atom is 0.333 e. The first kappa shape index (κ1) is 36.6. The van der Waals surface area contributed by atoms with Gasteiger partial charge in [-0.1, -0.05) is 146 Å². The molecule has 0 N–H and O–H groups in total. The van der Waals surface area contributed by atoms with E-state index in [1.54, 1.807) is 0 Å². The van der Waals surface area contributed by atoms with Gasteiger partial charge >= 0.3 is 13.7 Å². The molecule has 0 saturated carbocycles. The molecular formula is C60H38B3N5. The summed E-state index contributed by atoms with van der Waals surface area (Å²) in [5.41, 5.74) is 27.8. The highest BCUT2D eigenvalue weighted by Gasteiger charge is 2.58. The number of hydrogen-bond donors (Lipinski definition) is 0. The first-order valence-electron chi connectivity index (χ1n) is 23.8. The summed E-state index contributed by atoms with van der Waals surface area (Å²) < 4.78 is 0. The molecule has 312 valence electrons. The molecule has 6 aliphatic rings. The molecule has 0 amide bonds. The highest BCUT2D eigenvalue weighted by molar-refractivity contribution is 7.05. The molecule has 0 aromatic heterocycles. The Balaban J connectivity index is 1.14. The molecule has 6 heterocycles. The van der Waals surface area contributed by atoms with Crippen LogP contribution in [-0.2, 0) is 0 Å². The van der Waals surface area contributed by atoms with E-state index >= 15 is 0 Å². The van der Waals surface area contributed by atoms with Gasteiger partial charge in [0.05, 0.1) is 5.69 Å². The van der Waals surface area contributed by atoms with Crippen LogP contribution in [0.25, 0.3) is 11.1 Å². The van der Waals surface area contributed by atoms with E-state index in [2.05, 4.69) is 255 Å². The van der Waals surface area contributed by atoms with Gasteiger partial charge in [-0.2, -0.15) is 0 Å². The lowest BCUT2D eigenvalue weighted by atomic mass is 9.28. The molecule has 16 rings (SSSR count). The molecule has 0 unspecified atom stereocenters. The summed E-state index contributed by atoms with van der Waals surface area (Å²) in [6, 6.07) is 86.0. The first-order chi connectivity index (χ1) is 33.8. The van der Waals surface area contributed by atoms with Gasteiger partial charge in [-0.15, -0.1) is 0 Å². The predicted molar refractivity (Wildman–Crippen MR) is 288 cm³/mol. The molecule has 0 radical (unpaired) electrons. The minimum atomic E-state index is -0.133. The molecule has 8 heteroatoms. The average Bonchev–Trinajstić information content (AvgIpc) is 3.41. The van der Waals surface area contributed by atoms with E-state index in [0.717, 1.165) is 28.4 Å². The summed E-state index contributed by atoms with van der Waals surface area (Å²) in [6.07, 6.45) is 0. The Kier molecular flexibility index (Phi) is 7.26. The lowest BCUT2D eigenvalue weighted by Gasteiger charge is -2.56. The predicted octanol–water partition coefficient (Wildman–Crippen LogP) is 10.0. The quantitative estimate of drug-likeness (QED) is 0.160. The standard InChI is InChI=1S/C60H38B3N5/c1-5-21-39(22-6-1)64(40-23-7-2-8-24-40)43-37-52-54-53(38-43)68(42-27-11-4-12-28-42)63-47-32-16-20-36-51(47)66-49-34-18-14-30-45(49)61-44-29-13-17-33-48(44)65-50-35-19-15-31-46(50)62(67(52)41-25-9-3-10-26-41)56-55(54)57(63)60(66)58(61)59(56)65/h1-38H. The van der Waals surface area contributed by atoms with Crippen molar-refractivity contribution >= 4 is 133 Å². The first-order valence-corrected chi connectivity index (χ1v) is 23.8. The third-order valence-corrected chi connectivity index (χ3v) is 15.5. The van der Waals surface area contributed by atoms with Crippen LogP contribution < -0.4 is 62.6 Å². The second-order valence-corrected chi connectivity index (χ2v) is 18.7. The van der Waals surface area contributed by atoms with Crippen molar-refractivity contribution < 1.29 is 0 Å². The fraction of sp³-hybridized carbons (Fsp3) is 0. The SMILES string of the molecule is c1ccc(N2B3c4ccccc4N4c5ccccc5B5c6ccccc6N6c7ccccc7B7c8c(c3c4c5c86)-c3c2cc(N(c2ccccc2)c2ccccc2)cc3N7c2ccccc2)cc1. The number of nitrogens with zero attached hydrogens (tertiary/aromatic N) is 5. The average molecular weight is 861 g/mol. The van der Waals surface area contributed by atoms with Crippen molar-refractivity contribution in [3.05, 3.63) is 231 Å². The van der Waals surface area contributed by atoms with Gasteiger partial charge in [0.25, 0.3) is 6.71 Å². The number of para-hydroxylation sites is 8. The van der Waals surface area contributed by atoms with Crippen LogP contribution in [0.1, 0.15) is 0 Å². The smallest absolute Gasteiger partial charge is 0.333 e. The minimum absolute atomic E-state index is 0.0316. The monoisotopic (exact) mass is 861 g/mol. The van der Waals surface area contributed by atoms with Crippen LogP contribution >= 0.6 is 0 Å². The molecule has 6 aliphatic heterocycles. The van der Waals surface area contributed by atoms with E-state index in [1.807, 2.05) is 0 Å². The van der Waals surface area contributed by atoms with Gasteiger partial charge in [0.2, 0.25) is 0 Å². The van der Waals surface area contributed by atoms with Crippen LogP contribution in [0.2, 0.25) is 0 Å². The lowest BCUT2D eigenvalue weighted by molar-refractivity contribution is 1.22. The van der Waals surface area contributed by atoms with Crippen molar-refractivity contribution in [3.8, 4) is 11.1 Å². The van der Waals surface area contributed by atoms with E-state index in [1.165, 1.54) is 94.9 Å². The summed E-state index contributed by atoms with van der Waals surface area (Å²) in [7, 11) is 0. The Morgan fingerprint density at radius 2 is 0.647 bits per heavy atom. The van der Waals surface area contributed by atoms with Crippen molar-refractivity contribution in [2.45, 2.75) is 0 Å². The van der Waals surface area contributed by atoms with Gasteiger partial charge in [-0.3, -0.25) is 0 Å². The van der Waals surface area contributed by atoms with Gasteiger partial charge < -0.3 is 24.3 Å². The fourth-order valence-corrected chi connectivity index (χ4v) is 13.1. The molecule has 0 fully saturated rings. The summed E-state index contributed by atoms with van der Waals surface area (Å²) >= 11 is 0. The number of anilines is 13.